The molecule has 2 fully saturated rings. The summed E-state index contributed by atoms with van der Waals surface area (Å²) in [7, 11) is 0. The fourth-order valence-corrected chi connectivity index (χ4v) is 2.82. The van der Waals surface area contributed by atoms with Gasteiger partial charge in [0.1, 0.15) is 5.60 Å². The average Bonchev–Trinajstić information content (AvgIpc) is 2.61. The Kier molecular flexibility index (Phi) is 1.14. The molecule has 0 aromatic rings. The second-order valence-electron chi connectivity index (χ2n) is 4.06. The van der Waals surface area contributed by atoms with Gasteiger partial charge < -0.3 is 4.74 Å². The summed E-state index contributed by atoms with van der Waals surface area (Å²) in [4.78, 5) is 11.7. The molecule has 0 aromatic carbocycles. The van der Waals surface area contributed by atoms with E-state index in [4.69, 9.17) is 4.74 Å². The lowest BCUT2D eigenvalue weighted by atomic mass is 9.72. The number of fused-ring (bicyclic) bond motifs is 1. The van der Waals surface area contributed by atoms with Crippen LogP contribution in [0.5, 0.6) is 0 Å². The molecule has 2 bridgehead atoms. The largest absolute Gasteiger partial charge is 0.355 e. The Labute approximate surface area is 71.6 Å². The lowest BCUT2D eigenvalue weighted by Gasteiger charge is -2.32. The number of ketones is 1. The van der Waals surface area contributed by atoms with E-state index in [1.54, 1.807) is 0 Å². The lowest BCUT2D eigenvalue weighted by molar-refractivity contribution is -0.140. The molecular formula is C10H12O2. The zero-order valence-corrected chi connectivity index (χ0v) is 6.95. The van der Waals surface area contributed by atoms with Crippen LogP contribution in [0.2, 0.25) is 0 Å². The smallest absolute Gasteiger partial charge is 0.168 e. The van der Waals surface area contributed by atoms with E-state index < -0.39 is 5.60 Å². The maximum Gasteiger partial charge on any atom is 0.168 e. The number of ether oxygens (including phenoxy) is 1. The maximum absolute atomic E-state index is 11.7. The van der Waals surface area contributed by atoms with E-state index >= 15 is 0 Å². The van der Waals surface area contributed by atoms with E-state index in [1.165, 1.54) is 6.42 Å². The highest BCUT2D eigenvalue weighted by Gasteiger charge is 2.55. The van der Waals surface area contributed by atoms with E-state index in [0.717, 1.165) is 12.8 Å². The number of hydrogen-bond acceptors (Lipinski definition) is 2. The van der Waals surface area contributed by atoms with E-state index in [2.05, 4.69) is 6.08 Å². The standard InChI is InChI=1S/C10H12O2/c11-9-3-1-2-7-6-8-4-5-10(7,9)12-8/h4-5,7-8H,1-3,6H2. The van der Waals surface area contributed by atoms with Crippen molar-refractivity contribution in [3.63, 3.8) is 0 Å². The first-order valence-corrected chi connectivity index (χ1v) is 4.72. The minimum atomic E-state index is -0.455. The Morgan fingerprint density at radius 3 is 3.25 bits per heavy atom. The van der Waals surface area contributed by atoms with Gasteiger partial charge >= 0.3 is 0 Å². The third kappa shape index (κ3) is 0.626. The fraction of sp³-hybridized carbons (Fsp3) is 0.700. The molecule has 0 amide bonds. The quantitative estimate of drug-likeness (QED) is 0.506. The highest BCUT2D eigenvalue weighted by Crippen LogP contribution is 2.48. The highest BCUT2D eigenvalue weighted by molar-refractivity contribution is 5.91. The Balaban J connectivity index is 2.06. The Hall–Kier alpha value is -0.630. The van der Waals surface area contributed by atoms with Gasteiger partial charge in [0.05, 0.1) is 6.10 Å². The first kappa shape index (κ1) is 6.84. The molecule has 0 aromatic heterocycles. The molecule has 12 heavy (non-hydrogen) atoms. The van der Waals surface area contributed by atoms with Gasteiger partial charge in [-0.05, 0) is 25.3 Å². The molecule has 1 saturated heterocycles. The first-order chi connectivity index (χ1) is 5.81. The summed E-state index contributed by atoms with van der Waals surface area (Å²) >= 11 is 0. The summed E-state index contributed by atoms with van der Waals surface area (Å²) in [5.74, 6) is 0.809. The topological polar surface area (TPSA) is 26.3 Å². The van der Waals surface area contributed by atoms with E-state index in [9.17, 15) is 4.79 Å². The van der Waals surface area contributed by atoms with E-state index in [-0.39, 0.29) is 6.10 Å². The molecule has 2 heterocycles. The van der Waals surface area contributed by atoms with Crippen LogP contribution < -0.4 is 0 Å². The molecule has 2 aliphatic heterocycles. The van der Waals surface area contributed by atoms with E-state index in [0.29, 0.717) is 18.1 Å². The summed E-state index contributed by atoms with van der Waals surface area (Å²) in [6.45, 7) is 0. The Bertz CT molecular complexity index is 269. The second kappa shape index (κ2) is 1.99. The van der Waals surface area contributed by atoms with Crippen LogP contribution in [0.25, 0.3) is 0 Å². The van der Waals surface area contributed by atoms with Crippen LogP contribution in [-0.4, -0.2) is 17.5 Å². The van der Waals surface area contributed by atoms with Crippen molar-refractivity contribution in [1.82, 2.24) is 0 Å². The monoisotopic (exact) mass is 164 g/mol. The van der Waals surface area contributed by atoms with Crippen LogP contribution in [0.15, 0.2) is 12.2 Å². The summed E-state index contributed by atoms with van der Waals surface area (Å²) in [6.07, 6.45) is 8.34. The third-order valence-electron chi connectivity index (χ3n) is 3.42. The number of carbonyl (C=O) groups excluding carboxylic acids is 1. The molecule has 3 aliphatic rings. The van der Waals surface area contributed by atoms with Gasteiger partial charge in [0.2, 0.25) is 0 Å². The highest BCUT2D eigenvalue weighted by atomic mass is 16.5. The van der Waals surface area contributed by atoms with Crippen LogP contribution in [0.1, 0.15) is 25.7 Å². The molecule has 1 aliphatic carbocycles. The van der Waals surface area contributed by atoms with Gasteiger partial charge in [-0.1, -0.05) is 6.08 Å². The van der Waals surface area contributed by atoms with Gasteiger partial charge in [-0.25, -0.2) is 0 Å². The molecule has 3 unspecified atom stereocenters. The molecule has 3 atom stereocenters. The van der Waals surface area contributed by atoms with Crippen LogP contribution in [0.3, 0.4) is 0 Å². The van der Waals surface area contributed by atoms with Gasteiger partial charge in [-0.2, -0.15) is 0 Å². The normalized spacial score (nSPS) is 49.8. The molecule has 0 N–H and O–H groups in total. The molecule has 1 saturated carbocycles. The van der Waals surface area contributed by atoms with Crippen LogP contribution in [0.4, 0.5) is 0 Å². The van der Waals surface area contributed by atoms with Crippen molar-refractivity contribution >= 4 is 5.78 Å². The van der Waals surface area contributed by atoms with Crippen LogP contribution in [-0.2, 0) is 9.53 Å². The van der Waals surface area contributed by atoms with Gasteiger partial charge in [-0.3, -0.25) is 4.79 Å². The van der Waals surface area contributed by atoms with Crippen LogP contribution >= 0.6 is 0 Å². The van der Waals surface area contributed by atoms with Crippen molar-refractivity contribution in [1.29, 1.82) is 0 Å². The van der Waals surface area contributed by atoms with Crippen LogP contribution in [0, 0.1) is 5.92 Å². The average molecular weight is 164 g/mol. The molecule has 2 heteroatoms. The molecular weight excluding hydrogens is 152 g/mol. The van der Waals surface area contributed by atoms with Crippen molar-refractivity contribution in [2.24, 2.45) is 5.92 Å². The minimum Gasteiger partial charge on any atom is -0.355 e. The number of rotatable bonds is 0. The zero-order chi connectivity index (χ0) is 8.18. The fourth-order valence-electron chi connectivity index (χ4n) is 2.82. The third-order valence-corrected chi connectivity index (χ3v) is 3.42. The van der Waals surface area contributed by atoms with Gasteiger partial charge in [0, 0.05) is 12.3 Å². The number of Topliss-reactive ketones (excluding diaryl/α,β-unsaturated/α-hetero) is 1. The Morgan fingerprint density at radius 2 is 2.50 bits per heavy atom. The second-order valence-corrected chi connectivity index (χ2v) is 4.06. The van der Waals surface area contributed by atoms with Gasteiger partial charge in [0.15, 0.2) is 5.78 Å². The van der Waals surface area contributed by atoms with E-state index in [1.807, 2.05) is 6.08 Å². The lowest BCUT2D eigenvalue weighted by Crippen LogP contribution is -2.44. The zero-order valence-electron chi connectivity index (χ0n) is 6.95. The molecule has 0 radical (unpaired) electrons. The molecule has 1 spiro atoms. The SMILES string of the molecule is O=C1CCCC2CC3C=CC12O3. The number of carbonyl (C=O) groups is 1. The molecule has 64 valence electrons. The van der Waals surface area contributed by atoms with Crippen molar-refractivity contribution < 1.29 is 9.53 Å². The van der Waals surface area contributed by atoms with Gasteiger partial charge in [0.25, 0.3) is 0 Å². The summed E-state index contributed by atoms with van der Waals surface area (Å²) in [5.41, 5.74) is -0.455. The van der Waals surface area contributed by atoms with Crippen molar-refractivity contribution in [2.45, 2.75) is 37.4 Å². The number of hydrogen-bond donors (Lipinski definition) is 0. The minimum absolute atomic E-state index is 0.247. The van der Waals surface area contributed by atoms with Crippen molar-refractivity contribution in [3.05, 3.63) is 12.2 Å². The molecule has 3 rings (SSSR count). The summed E-state index contributed by atoms with van der Waals surface area (Å²) in [5, 5.41) is 0. The predicted molar refractivity (Wildman–Crippen MR) is 43.7 cm³/mol. The predicted octanol–water partition coefficient (Wildman–Crippen LogP) is 1.45. The first-order valence-electron chi connectivity index (χ1n) is 4.72. The maximum atomic E-state index is 11.7. The van der Waals surface area contributed by atoms with Crippen molar-refractivity contribution in [2.75, 3.05) is 0 Å². The Morgan fingerprint density at radius 1 is 1.58 bits per heavy atom. The summed E-state index contributed by atoms with van der Waals surface area (Å²) in [6, 6.07) is 0. The summed E-state index contributed by atoms with van der Waals surface area (Å²) < 4.78 is 5.72. The van der Waals surface area contributed by atoms with Crippen molar-refractivity contribution in [3.8, 4) is 0 Å². The molecule has 2 nitrogen and oxygen atoms in total. The van der Waals surface area contributed by atoms with Gasteiger partial charge in [-0.15, -0.1) is 0 Å².